The third-order valence-electron chi connectivity index (χ3n) is 16.4. The fraction of sp³-hybridized carbons (Fsp3) is 0.722. The van der Waals surface area contributed by atoms with E-state index in [-0.39, 0.29) is 54.6 Å². The van der Waals surface area contributed by atoms with Gasteiger partial charge in [0, 0.05) is 96.7 Å². The van der Waals surface area contributed by atoms with E-state index in [9.17, 15) is 36.7 Å². The molecule has 2 aromatic rings. The van der Waals surface area contributed by atoms with Crippen LogP contribution in [0.2, 0.25) is 0 Å². The molecule has 9 aliphatic rings. The van der Waals surface area contributed by atoms with Gasteiger partial charge in [0.2, 0.25) is 0 Å². The topological polar surface area (TPSA) is 173 Å². The Morgan fingerprint density at radius 1 is 0.493 bits per heavy atom. The van der Waals surface area contributed by atoms with Gasteiger partial charge in [-0.1, -0.05) is 43.5 Å². The Kier molecular flexibility index (Phi) is 20.8. The van der Waals surface area contributed by atoms with E-state index in [4.69, 9.17) is 14.0 Å². The van der Waals surface area contributed by atoms with Crippen LogP contribution in [-0.2, 0) is 32.3 Å². The largest absolute Gasteiger partial charge is 0.392 e. The Morgan fingerprint density at radius 2 is 0.853 bits per heavy atom. The summed E-state index contributed by atoms with van der Waals surface area (Å²) in [6, 6.07) is 14.7. The maximum absolute atomic E-state index is 12.9. The molecule has 0 atom stereocenters. The molecule has 2 N–H and O–H groups in total. The van der Waals surface area contributed by atoms with Gasteiger partial charge in [-0.15, -0.1) is 0 Å². The Morgan fingerprint density at radius 3 is 1.19 bits per heavy atom. The van der Waals surface area contributed by atoms with Gasteiger partial charge in [-0.2, -0.15) is 8.42 Å². The zero-order valence-corrected chi connectivity index (χ0v) is 45.0. The molecule has 9 fully saturated rings. The number of β-amino-alcohol motifs (C(OH)–C–C–N with tert-alkyl or cyclic N) is 1. The molecule has 21 heteroatoms. The number of halogens is 2. The lowest BCUT2D eigenvalue weighted by Gasteiger charge is -2.41. The van der Waals surface area contributed by atoms with E-state index < -0.39 is 10.1 Å². The molecule has 418 valence electrons. The Hall–Kier alpha value is -4.22. The van der Waals surface area contributed by atoms with Crippen LogP contribution < -0.4 is 0 Å². The number of hydrogen-bond acceptors (Lipinski definition) is 12. The molecule has 0 bridgehead atoms. The molecular weight excluding hydrogens is 989 g/mol. The lowest BCUT2D eigenvalue weighted by molar-refractivity contribution is -0.0493. The number of benzene rings is 2. The van der Waals surface area contributed by atoms with E-state index in [1.54, 1.807) is 34.1 Å². The number of aliphatic hydroxyl groups is 2. The predicted molar refractivity (Wildman–Crippen MR) is 280 cm³/mol. The molecule has 18 nitrogen and oxygen atoms in total. The van der Waals surface area contributed by atoms with E-state index in [0.29, 0.717) is 45.9 Å². The summed E-state index contributed by atoms with van der Waals surface area (Å²) in [7, 11) is -3.44. The summed E-state index contributed by atoms with van der Waals surface area (Å²) in [5, 5.41) is 17.8. The average Bonchev–Trinajstić information content (AvgIpc) is 3.81. The van der Waals surface area contributed by atoms with Crippen molar-refractivity contribution in [3.8, 4) is 0 Å². The van der Waals surface area contributed by atoms with Gasteiger partial charge < -0.3 is 44.3 Å². The highest BCUT2D eigenvalue weighted by Gasteiger charge is 2.39. The van der Waals surface area contributed by atoms with Crippen LogP contribution >= 0.6 is 0 Å². The summed E-state index contributed by atoms with van der Waals surface area (Å²) < 4.78 is 57.9. The smallest absolute Gasteiger partial charge is 0.320 e. The van der Waals surface area contributed by atoms with E-state index in [2.05, 4.69) is 14.7 Å². The molecule has 3 aliphatic carbocycles. The molecule has 6 aliphatic heterocycles. The van der Waals surface area contributed by atoms with Crippen molar-refractivity contribution < 1.29 is 50.7 Å². The van der Waals surface area contributed by atoms with Crippen molar-refractivity contribution in [2.45, 2.75) is 127 Å². The zero-order valence-electron chi connectivity index (χ0n) is 44.2. The molecule has 0 aromatic heterocycles. The summed E-state index contributed by atoms with van der Waals surface area (Å²) in [4.78, 5) is 56.1. The van der Waals surface area contributed by atoms with Gasteiger partial charge in [0.25, 0.3) is 10.1 Å². The normalized spacial score (nSPS) is 23.1. The van der Waals surface area contributed by atoms with Gasteiger partial charge in [-0.25, -0.2) is 23.2 Å². The maximum atomic E-state index is 12.9. The lowest BCUT2D eigenvalue weighted by Crippen LogP contribution is -2.59. The van der Waals surface area contributed by atoms with Crippen molar-refractivity contribution in [3.05, 3.63) is 71.3 Å². The molecule has 0 spiro atoms. The minimum absolute atomic E-state index is 0.0174. The van der Waals surface area contributed by atoms with Crippen molar-refractivity contribution in [1.82, 2.24) is 44.1 Å². The summed E-state index contributed by atoms with van der Waals surface area (Å²) >= 11 is 0. The molecule has 75 heavy (non-hydrogen) atoms. The Labute approximate surface area is 443 Å². The van der Waals surface area contributed by atoms with E-state index in [1.807, 2.05) is 19.6 Å². The van der Waals surface area contributed by atoms with E-state index in [1.165, 1.54) is 82.1 Å². The quantitative estimate of drug-likeness (QED) is 0.333. The van der Waals surface area contributed by atoms with Crippen LogP contribution in [-0.4, -0.2) is 241 Å². The molecule has 3 saturated carbocycles. The second kappa shape index (κ2) is 27.4. The number of rotatable bonds is 9. The van der Waals surface area contributed by atoms with Gasteiger partial charge in [-0.05, 0) is 93.2 Å². The van der Waals surface area contributed by atoms with E-state index >= 15 is 0 Å². The van der Waals surface area contributed by atoms with Crippen LogP contribution in [0.15, 0.2) is 48.5 Å². The first-order chi connectivity index (χ1) is 36.2. The molecule has 6 amide bonds. The van der Waals surface area contributed by atoms with Crippen LogP contribution in [0.25, 0.3) is 0 Å². The summed E-state index contributed by atoms with van der Waals surface area (Å²) in [5.74, 6) is -0.505. The van der Waals surface area contributed by atoms with Crippen molar-refractivity contribution in [2.75, 3.05) is 124 Å². The number of likely N-dealkylation sites (tertiary alicyclic amines) is 3. The Bertz CT molecular complexity index is 2230. The molecular formula is C54H83F2N9O9S. The third-order valence-corrected chi connectivity index (χ3v) is 17.0. The fourth-order valence-electron chi connectivity index (χ4n) is 10.9. The maximum Gasteiger partial charge on any atom is 0.320 e. The molecule has 6 saturated heterocycles. The monoisotopic (exact) mass is 1070 g/mol. The standard InChI is InChI=1S/C20H28FN3O2.C14H25N3O4S.C13H23N3O2.C7H7FO/c21-17-7-5-16(6-8-17)15-26-19-13-24(14-19)20(25)23-10-2-9-22(11-12-23)18-3-1-4-18;1-22(19,20)21-13-10-17(11-13)14(18)16-7-3-6-15(8-9-16)12-4-2-5-12;17-12-9-16(10-12)13(18)15-6-2-5-14(7-8-15)11-3-1-4-11;8-7-3-1-6(5-9)2-4-7/h5-8,18-19H,1-4,9-15H2;12-13H,2-11H2,1H3;11-12,17H,1-10H2;1-4,9H,5H2. The SMILES string of the molecule is CS(=O)(=O)OC1CN(C(=O)N2CCCN(C3CCC3)CC2)C1.O=C(N1CCCN(C2CCC2)CC1)N1CC(O)C1.O=C(N1CCCN(C2CCC2)CC1)N1CC(OCc2ccc(F)cc2)C1.OCc1ccc(F)cc1. The summed E-state index contributed by atoms with van der Waals surface area (Å²) in [6.07, 6.45) is 15.6. The van der Waals surface area contributed by atoms with Crippen LogP contribution in [0.5, 0.6) is 0 Å². The highest BCUT2D eigenvalue weighted by Crippen LogP contribution is 2.29. The number of hydrogen-bond donors (Lipinski definition) is 2. The predicted octanol–water partition coefficient (Wildman–Crippen LogP) is 4.69. The zero-order chi connectivity index (χ0) is 52.9. The second-order valence-electron chi connectivity index (χ2n) is 21.9. The van der Waals surface area contributed by atoms with Crippen LogP contribution in [0.4, 0.5) is 23.2 Å². The van der Waals surface area contributed by atoms with Crippen molar-refractivity contribution in [2.24, 2.45) is 0 Å². The van der Waals surface area contributed by atoms with Gasteiger partial charge in [0.15, 0.2) is 0 Å². The van der Waals surface area contributed by atoms with E-state index in [0.717, 1.165) is 133 Å². The lowest BCUT2D eigenvalue weighted by atomic mass is 9.91. The first-order valence-electron chi connectivity index (χ1n) is 27.8. The Balaban J connectivity index is 0.000000140. The van der Waals surface area contributed by atoms with Gasteiger partial charge >= 0.3 is 18.1 Å². The van der Waals surface area contributed by atoms with Crippen LogP contribution in [0.3, 0.4) is 0 Å². The van der Waals surface area contributed by atoms with Crippen LogP contribution in [0.1, 0.15) is 88.2 Å². The summed E-state index contributed by atoms with van der Waals surface area (Å²) in [6.45, 7) is 14.8. The van der Waals surface area contributed by atoms with Gasteiger partial charge in [0.1, 0.15) is 17.7 Å². The van der Waals surface area contributed by atoms with Crippen molar-refractivity contribution in [1.29, 1.82) is 0 Å². The molecule has 0 radical (unpaired) electrons. The number of urea groups is 3. The highest BCUT2D eigenvalue weighted by molar-refractivity contribution is 7.86. The third kappa shape index (κ3) is 16.6. The minimum Gasteiger partial charge on any atom is -0.392 e. The molecule has 2 aromatic carbocycles. The second-order valence-corrected chi connectivity index (χ2v) is 23.5. The summed E-state index contributed by atoms with van der Waals surface area (Å²) in [5.41, 5.74) is 1.69. The number of carbonyl (C=O) groups excluding carboxylic acids is 3. The number of nitrogens with zero attached hydrogens (tertiary/aromatic N) is 9. The van der Waals surface area contributed by atoms with Gasteiger partial charge in [-0.3, -0.25) is 18.9 Å². The van der Waals surface area contributed by atoms with Gasteiger partial charge in [0.05, 0.1) is 70.9 Å². The number of carbonyl (C=O) groups is 3. The number of ether oxygens (including phenoxy) is 1. The molecule has 6 heterocycles. The molecule has 11 rings (SSSR count). The number of amides is 6. The number of aliphatic hydroxyl groups excluding tert-OH is 2. The fourth-order valence-corrected chi connectivity index (χ4v) is 11.6. The van der Waals surface area contributed by atoms with Crippen LogP contribution in [0, 0.1) is 11.6 Å². The average molecular weight is 1070 g/mol. The highest BCUT2D eigenvalue weighted by atomic mass is 32.2. The molecule has 0 unspecified atom stereocenters. The van der Waals surface area contributed by atoms with Crippen molar-refractivity contribution in [3.63, 3.8) is 0 Å². The van der Waals surface area contributed by atoms with Crippen molar-refractivity contribution >= 4 is 28.2 Å². The minimum atomic E-state index is -3.44. The first kappa shape index (κ1) is 57.0. The first-order valence-corrected chi connectivity index (χ1v) is 29.6.